The van der Waals surface area contributed by atoms with Gasteiger partial charge in [-0.1, -0.05) is 6.92 Å². The van der Waals surface area contributed by atoms with Gasteiger partial charge in [0.15, 0.2) is 0 Å². The minimum absolute atomic E-state index is 0.175. The maximum absolute atomic E-state index is 13.2. The number of aliphatic hydroxyl groups is 3. The van der Waals surface area contributed by atoms with E-state index in [1.165, 1.54) is 21.1 Å². The molecule has 20 nitrogen and oxygen atoms in total. The van der Waals surface area contributed by atoms with Gasteiger partial charge < -0.3 is 62.6 Å². The van der Waals surface area contributed by atoms with Crippen molar-refractivity contribution in [2.75, 3.05) is 66.8 Å². The number of carbonyl (C=O) groups excluding carboxylic acids is 8. The lowest BCUT2D eigenvalue weighted by atomic mass is 10.0. The molecule has 0 rings (SSSR count). The van der Waals surface area contributed by atoms with Gasteiger partial charge in [0.05, 0.1) is 45.7 Å². The highest BCUT2D eigenvalue weighted by Gasteiger charge is 2.32. The second-order valence-electron chi connectivity index (χ2n) is 10.1. The normalized spacial score (nSPS) is 13.1. The molecule has 0 heterocycles. The zero-order chi connectivity index (χ0) is 35.8. The molecule has 4 unspecified atom stereocenters. The van der Waals surface area contributed by atoms with E-state index in [9.17, 15) is 38.4 Å². The topological polar surface area (TPSA) is 303 Å². The van der Waals surface area contributed by atoms with Gasteiger partial charge in [-0.2, -0.15) is 0 Å². The van der Waals surface area contributed by atoms with Crippen LogP contribution >= 0.6 is 0 Å². The fraction of sp³-hybridized carbons (Fsp3) is 0.704. The van der Waals surface area contributed by atoms with Crippen LogP contribution in [-0.2, 0) is 43.1 Å². The summed E-state index contributed by atoms with van der Waals surface area (Å²) in [6.07, 6.45) is -2.22. The van der Waals surface area contributed by atoms with Gasteiger partial charge in [-0.3, -0.25) is 38.4 Å². The van der Waals surface area contributed by atoms with Crippen molar-refractivity contribution < 1.29 is 58.4 Å². The molecule has 0 saturated carbocycles. The van der Waals surface area contributed by atoms with Crippen molar-refractivity contribution in [3.63, 3.8) is 0 Å². The Labute approximate surface area is 271 Å². The van der Waals surface area contributed by atoms with E-state index in [0.717, 1.165) is 0 Å². The molecule has 20 heteroatoms. The Balaban J connectivity index is 5.92. The Hall–Kier alpha value is -4.40. The quantitative estimate of drug-likeness (QED) is 0.0426. The van der Waals surface area contributed by atoms with E-state index in [1.54, 1.807) is 0 Å². The SMILES string of the molecule is CNC(=O)CC(NC(=O)C(CC(=O)NCCO)NC(=O)CC(NC(=O)C(C)CC(=O)NCCOC)C(=O)NCCO)C(=O)NCCO. The summed E-state index contributed by atoms with van der Waals surface area (Å²) in [7, 11) is 2.75. The van der Waals surface area contributed by atoms with Crippen molar-refractivity contribution in [2.45, 2.75) is 50.7 Å². The van der Waals surface area contributed by atoms with Crippen molar-refractivity contribution in [3.8, 4) is 0 Å². The van der Waals surface area contributed by atoms with Crippen molar-refractivity contribution in [1.82, 2.24) is 42.5 Å². The third-order valence-corrected chi connectivity index (χ3v) is 6.19. The largest absolute Gasteiger partial charge is 0.395 e. The van der Waals surface area contributed by atoms with E-state index in [2.05, 4.69) is 42.5 Å². The number of hydrogen-bond donors (Lipinski definition) is 11. The van der Waals surface area contributed by atoms with Crippen molar-refractivity contribution in [3.05, 3.63) is 0 Å². The molecule has 0 radical (unpaired) electrons. The first-order valence-electron chi connectivity index (χ1n) is 14.8. The Morgan fingerprint density at radius 1 is 0.532 bits per heavy atom. The first-order chi connectivity index (χ1) is 22.3. The number of aliphatic hydroxyl groups excluding tert-OH is 3. The van der Waals surface area contributed by atoms with Gasteiger partial charge in [0.2, 0.25) is 47.3 Å². The van der Waals surface area contributed by atoms with Gasteiger partial charge in [0.1, 0.15) is 18.1 Å². The standard InChI is InChI=1S/C27H48N8O12/c1-16(12-21(40)30-7-11-47-3)24(43)34-18(26(45)32-6-10-38)15-23(42)33-19(14-22(41)29-4-8-36)27(46)35-17(13-20(39)28-2)25(44)31-5-9-37/h16-19,36-38H,4-15H2,1-3H3,(H,28,39)(H,29,41)(H,30,40)(H,31,44)(H,32,45)(H,33,42)(H,34,43)(H,35,46). The minimum atomic E-state index is -1.66. The fourth-order valence-corrected chi connectivity index (χ4v) is 3.73. The number of amides is 8. The maximum Gasteiger partial charge on any atom is 0.243 e. The fourth-order valence-electron chi connectivity index (χ4n) is 3.73. The van der Waals surface area contributed by atoms with Crippen LogP contribution in [0.5, 0.6) is 0 Å². The summed E-state index contributed by atoms with van der Waals surface area (Å²) < 4.78 is 4.84. The Morgan fingerprint density at radius 2 is 0.957 bits per heavy atom. The van der Waals surface area contributed by atoms with Crippen LogP contribution in [0.1, 0.15) is 32.6 Å². The number of rotatable bonds is 24. The lowest BCUT2D eigenvalue weighted by molar-refractivity contribution is -0.136. The first kappa shape index (κ1) is 42.6. The number of hydrogen-bond acceptors (Lipinski definition) is 12. The highest BCUT2D eigenvalue weighted by atomic mass is 16.5. The average molecular weight is 677 g/mol. The molecule has 11 N–H and O–H groups in total. The summed E-state index contributed by atoms with van der Waals surface area (Å²) in [6, 6.07) is -4.67. The molecule has 0 aromatic rings. The third kappa shape index (κ3) is 19.0. The second kappa shape index (κ2) is 24.8. The number of nitrogens with one attached hydrogen (secondary N) is 8. The van der Waals surface area contributed by atoms with Crippen LogP contribution in [0.4, 0.5) is 0 Å². The summed E-state index contributed by atoms with van der Waals surface area (Å²) in [5.74, 6) is -7.34. The maximum atomic E-state index is 13.2. The minimum Gasteiger partial charge on any atom is -0.395 e. The summed E-state index contributed by atoms with van der Waals surface area (Å²) in [6.45, 7) is -0.00461. The molecule has 47 heavy (non-hydrogen) atoms. The highest BCUT2D eigenvalue weighted by molar-refractivity contribution is 5.98. The van der Waals surface area contributed by atoms with E-state index < -0.39 is 110 Å². The molecule has 0 aliphatic heterocycles. The first-order valence-corrected chi connectivity index (χ1v) is 14.8. The summed E-state index contributed by atoms with van der Waals surface area (Å²) in [4.78, 5) is 101. The van der Waals surface area contributed by atoms with Crippen molar-refractivity contribution in [1.29, 1.82) is 0 Å². The average Bonchev–Trinajstić information content (AvgIpc) is 3.03. The van der Waals surface area contributed by atoms with Gasteiger partial charge in [-0.05, 0) is 0 Å². The monoisotopic (exact) mass is 676 g/mol. The van der Waals surface area contributed by atoms with E-state index in [1.807, 2.05) is 0 Å². The van der Waals surface area contributed by atoms with E-state index in [-0.39, 0.29) is 39.2 Å². The molecule has 268 valence electrons. The highest BCUT2D eigenvalue weighted by Crippen LogP contribution is 2.06. The predicted octanol–water partition coefficient (Wildman–Crippen LogP) is -6.53. The van der Waals surface area contributed by atoms with E-state index >= 15 is 0 Å². The Bertz CT molecular complexity index is 1060. The zero-order valence-corrected chi connectivity index (χ0v) is 26.8. The van der Waals surface area contributed by atoms with Gasteiger partial charge in [-0.15, -0.1) is 0 Å². The molecule has 0 aliphatic carbocycles. The smallest absolute Gasteiger partial charge is 0.243 e. The predicted molar refractivity (Wildman–Crippen MR) is 163 cm³/mol. The van der Waals surface area contributed by atoms with Crippen LogP contribution < -0.4 is 42.5 Å². The molecule has 0 saturated heterocycles. The van der Waals surface area contributed by atoms with Crippen LogP contribution in [0.25, 0.3) is 0 Å². The summed E-state index contributed by atoms with van der Waals surface area (Å²) in [5.41, 5.74) is 0. The second-order valence-corrected chi connectivity index (χ2v) is 10.1. The molecular weight excluding hydrogens is 628 g/mol. The van der Waals surface area contributed by atoms with Crippen LogP contribution in [-0.4, -0.2) is 147 Å². The molecule has 0 aromatic carbocycles. The molecule has 0 bridgehead atoms. The zero-order valence-electron chi connectivity index (χ0n) is 26.8. The summed E-state index contributed by atoms with van der Waals surface area (Å²) >= 11 is 0. The molecule has 0 fully saturated rings. The van der Waals surface area contributed by atoms with Crippen molar-refractivity contribution >= 4 is 47.3 Å². The van der Waals surface area contributed by atoms with Crippen LogP contribution in [0.3, 0.4) is 0 Å². The number of carbonyl (C=O) groups is 8. The van der Waals surface area contributed by atoms with Gasteiger partial charge in [0.25, 0.3) is 0 Å². The van der Waals surface area contributed by atoms with Crippen LogP contribution in [0.2, 0.25) is 0 Å². The van der Waals surface area contributed by atoms with Crippen LogP contribution in [0, 0.1) is 5.92 Å². The lowest BCUT2D eigenvalue weighted by Crippen LogP contribution is -2.57. The summed E-state index contributed by atoms with van der Waals surface area (Å²) in [5, 5.41) is 45.8. The third-order valence-electron chi connectivity index (χ3n) is 6.19. The van der Waals surface area contributed by atoms with E-state index in [0.29, 0.717) is 0 Å². The van der Waals surface area contributed by atoms with Crippen LogP contribution in [0.15, 0.2) is 0 Å². The Morgan fingerprint density at radius 3 is 1.47 bits per heavy atom. The van der Waals surface area contributed by atoms with Gasteiger partial charge >= 0.3 is 0 Å². The van der Waals surface area contributed by atoms with E-state index in [4.69, 9.17) is 20.1 Å². The van der Waals surface area contributed by atoms with Gasteiger partial charge in [-0.25, -0.2) is 0 Å². The molecule has 0 spiro atoms. The number of ether oxygens (including phenoxy) is 1. The molecule has 0 aliphatic rings. The molecule has 8 amide bonds. The molecule has 4 atom stereocenters. The lowest BCUT2D eigenvalue weighted by Gasteiger charge is -2.24. The van der Waals surface area contributed by atoms with Crippen molar-refractivity contribution in [2.24, 2.45) is 5.92 Å². The number of methoxy groups -OCH3 is 1. The van der Waals surface area contributed by atoms with Gasteiger partial charge in [0, 0.05) is 52.7 Å². The Kier molecular flexibility index (Phi) is 22.5. The molecule has 0 aromatic heterocycles. The molecular formula is C27H48N8O12.